The summed E-state index contributed by atoms with van der Waals surface area (Å²) in [5, 5.41) is 14.9. The van der Waals surface area contributed by atoms with Crippen LogP contribution in [-0.2, 0) is 0 Å². The number of hydrogen-bond acceptors (Lipinski definition) is 4. The van der Waals surface area contributed by atoms with Gasteiger partial charge in [0.25, 0.3) is 0 Å². The van der Waals surface area contributed by atoms with Gasteiger partial charge in [-0.05, 0) is 30.3 Å². The number of alkyl halides is 3. The van der Waals surface area contributed by atoms with Crippen LogP contribution in [0.5, 0.6) is 0 Å². The minimum absolute atomic E-state index is 0.0793. The lowest BCUT2D eigenvalue weighted by molar-refractivity contribution is -0.288. The van der Waals surface area contributed by atoms with E-state index < -0.39 is 35.7 Å². The summed E-state index contributed by atoms with van der Waals surface area (Å²) >= 11 is 11.9. The van der Waals surface area contributed by atoms with Crippen LogP contribution >= 0.6 is 23.2 Å². The molecule has 2 heterocycles. The van der Waals surface area contributed by atoms with E-state index in [1.165, 1.54) is 53.8 Å². The largest absolute Gasteiger partial charge is 0.459 e. The highest BCUT2D eigenvalue weighted by Crippen LogP contribution is 2.44. The smallest absolute Gasteiger partial charge is 0.437 e. The third-order valence-electron chi connectivity index (χ3n) is 5.28. The summed E-state index contributed by atoms with van der Waals surface area (Å²) in [4.78, 5) is 25.3. The van der Waals surface area contributed by atoms with Crippen molar-refractivity contribution < 1.29 is 32.3 Å². The number of ketones is 1. The number of hydrogen-bond donors (Lipinski definition) is 3. The van der Waals surface area contributed by atoms with E-state index in [9.17, 15) is 27.9 Å². The van der Waals surface area contributed by atoms with Gasteiger partial charge in [-0.3, -0.25) is 4.79 Å². The number of carbonyl (C=O) groups excluding carboxylic acids is 2. The van der Waals surface area contributed by atoms with Crippen molar-refractivity contribution >= 4 is 35.0 Å². The molecule has 1 fully saturated rings. The van der Waals surface area contributed by atoms with Gasteiger partial charge in [-0.2, -0.15) is 13.2 Å². The Hall–Kier alpha value is -3.01. The van der Waals surface area contributed by atoms with Crippen LogP contribution in [0.25, 0.3) is 11.3 Å². The molecular weight excluding hydrogens is 484 g/mol. The lowest BCUT2D eigenvalue weighted by atomic mass is 9.79. The highest BCUT2D eigenvalue weighted by Gasteiger charge is 2.66. The van der Waals surface area contributed by atoms with Gasteiger partial charge in [0.05, 0.1) is 10.0 Å². The van der Waals surface area contributed by atoms with Crippen LogP contribution < -0.4 is 10.6 Å². The number of aliphatic hydroxyl groups is 1. The molecule has 0 radical (unpaired) electrons. The third kappa shape index (κ3) is 4.19. The molecule has 0 saturated carbocycles. The number of carbonyl (C=O) groups is 2. The lowest BCUT2D eigenvalue weighted by Crippen LogP contribution is -2.72. The van der Waals surface area contributed by atoms with Crippen molar-refractivity contribution in [3.8, 4) is 11.3 Å². The van der Waals surface area contributed by atoms with Gasteiger partial charge >= 0.3 is 12.2 Å². The summed E-state index contributed by atoms with van der Waals surface area (Å²) in [6.07, 6.45) is -5.36. The van der Waals surface area contributed by atoms with Crippen LogP contribution in [0.2, 0.25) is 10.0 Å². The first-order chi connectivity index (χ1) is 15.5. The molecule has 1 aliphatic heterocycles. The Balaban J connectivity index is 1.81. The topological polar surface area (TPSA) is 91.6 Å². The van der Waals surface area contributed by atoms with Crippen molar-refractivity contribution in [3.05, 3.63) is 82.0 Å². The second kappa shape index (κ2) is 8.40. The van der Waals surface area contributed by atoms with Gasteiger partial charge < -0.3 is 20.2 Å². The third-order valence-corrected chi connectivity index (χ3v) is 6.02. The molecule has 33 heavy (non-hydrogen) atoms. The second-order valence-electron chi connectivity index (χ2n) is 7.38. The number of benzene rings is 2. The molecule has 2 amide bonds. The molecule has 0 spiro atoms. The summed E-state index contributed by atoms with van der Waals surface area (Å²) in [7, 11) is 0. The standard InChI is InChI=1S/C22H15Cl2F3N2O4/c23-13-7-6-12(10-14(13)24)15-8-9-16(33-15)18-17(19(30)11-4-2-1-3-5-11)21(32,22(25,26)27)29-20(31)28-18/h1-10,17-18,32H,(H2,28,29,31)/t17-,18-,21-/m1/s1. The fourth-order valence-electron chi connectivity index (χ4n) is 3.68. The number of furan rings is 1. The van der Waals surface area contributed by atoms with E-state index >= 15 is 0 Å². The van der Waals surface area contributed by atoms with Crippen molar-refractivity contribution in [3.63, 3.8) is 0 Å². The van der Waals surface area contributed by atoms with E-state index in [2.05, 4.69) is 5.32 Å². The monoisotopic (exact) mass is 498 g/mol. The fourth-order valence-corrected chi connectivity index (χ4v) is 3.98. The maximum absolute atomic E-state index is 14.0. The SMILES string of the molecule is O=C1N[C@H](c2ccc(-c3ccc(Cl)c(Cl)c3)o2)[C@H](C(=O)c2ccccc2)[C@@](O)(C(F)(F)F)N1. The van der Waals surface area contributed by atoms with Crippen molar-refractivity contribution in [2.45, 2.75) is 17.9 Å². The summed E-state index contributed by atoms with van der Waals surface area (Å²) in [5.41, 5.74) is -3.46. The van der Waals surface area contributed by atoms with Crippen LogP contribution in [0, 0.1) is 5.92 Å². The number of halogens is 5. The summed E-state index contributed by atoms with van der Waals surface area (Å²) in [5.74, 6) is -3.19. The van der Waals surface area contributed by atoms with Crippen molar-refractivity contribution in [1.82, 2.24) is 10.6 Å². The molecule has 0 bridgehead atoms. The quantitative estimate of drug-likeness (QED) is 0.422. The van der Waals surface area contributed by atoms with Crippen molar-refractivity contribution in [2.24, 2.45) is 5.92 Å². The lowest BCUT2D eigenvalue weighted by Gasteiger charge is -2.44. The molecule has 1 aromatic heterocycles. The molecule has 0 unspecified atom stereocenters. The van der Waals surface area contributed by atoms with Crippen LogP contribution in [0.1, 0.15) is 22.2 Å². The van der Waals surface area contributed by atoms with Gasteiger partial charge in [0.15, 0.2) is 5.78 Å². The average Bonchev–Trinajstić information content (AvgIpc) is 3.25. The molecule has 4 rings (SSSR count). The fraction of sp³-hybridized carbons (Fsp3) is 0.182. The van der Waals surface area contributed by atoms with Gasteiger partial charge in [0, 0.05) is 11.1 Å². The van der Waals surface area contributed by atoms with E-state index in [0.717, 1.165) is 0 Å². The number of amides is 2. The Morgan fingerprint density at radius 2 is 1.73 bits per heavy atom. The molecule has 3 atom stereocenters. The van der Waals surface area contributed by atoms with Crippen LogP contribution in [-0.4, -0.2) is 28.8 Å². The van der Waals surface area contributed by atoms with E-state index in [4.69, 9.17) is 27.6 Å². The van der Waals surface area contributed by atoms with Gasteiger partial charge in [-0.1, -0.05) is 53.5 Å². The molecular formula is C22H15Cl2F3N2O4. The molecule has 3 aromatic rings. The maximum atomic E-state index is 14.0. The van der Waals surface area contributed by atoms with Gasteiger partial charge in [0.2, 0.25) is 5.72 Å². The molecule has 0 aliphatic carbocycles. The van der Waals surface area contributed by atoms with Crippen molar-refractivity contribution in [1.29, 1.82) is 0 Å². The van der Waals surface area contributed by atoms with E-state index in [1.807, 2.05) is 0 Å². The zero-order chi connectivity index (χ0) is 24.0. The van der Waals surface area contributed by atoms with E-state index in [0.29, 0.717) is 10.6 Å². The molecule has 172 valence electrons. The summed E-state index contributed by atoms with van der Waals surface area (Å²) in [6.45, 7) is 0. The van der Waals surface area contributed by atoms with Crippen LogP contribution in [0.3, 0.4) is 0 Å². The van der Waals surface area contributed by atoms with Gasteiger partial charge in [-0.25, -0.2) is 4.79 Å². The van der Waals surface area contributed by atoms with Crippen LogP contribution in [0.15, 0.2) is 65.1 Å². The minimum Gasteiger partial charge on any atom is -0.459 e. The predicted molar refractivity (Wildman–Crippen MR) is 114 cm³/mol. The van der Waals surface area contributed by atoms with E-state index in [-0.39, 0.29) is 22.1 Å². The Bertz CT molecular complexity index is 1220. The summed E-state index contributed by atoms with van der Waals surface area (Å²) in [6, 6.07) is 11.6. The molecule has 2 aromatic carbocycles. The molecule has 1 aliphatic rings. The first-order valence-electron chi connectivity index (χ1n) is 9.53. The second-order valence-corrected chi connectivity index (χ2v) is 8.19. The van der Waals surface area contributed by atoms with Crippen molar-refractivity contribution in [2.75, 3.05) is 0 Å². The minimum atomic E-state index is -5.36. The zero-order valence-electron chi connectivity index (χ0n) is 16.5. The van der Waals surface area contributed by atoms with E-state index in [1.54, 1.807) is 12.1 Å². The molecule has 6 nitrogen and oxygen atoms in total. The normalized spacial score (nSPS) is 23.0. The molecule has 3 N–H and O–H groups in total. The predicted octanol–water partition coefficient (Wildman–Crippen LogP) is 5.36. The Morgan fingerprint density at radius 3 is 2.36 bits per heavy atom. The molecule has 11 heteroatoms. The zero-order valence-corrected chi connectivity index (χ0v) is 18.0. The number of rotatable bonds is 4. The highest BCUT2D eigenvalue weighted by molar-refractivity contribution is 6.42. The Labute approximate surface area is 195 Å². The average molecular weight is 499 g/mol. The first kappa shape index (κ1) is 23.2. The maximum Gasteiger partial charge on any atom is 0.437 e. The number of nitrogens with one attached hydrogen (secondary N) is 2. The number of urea groups is 1. The Kier molecular flexibility index (Phi) is 5.90. The molecule has 1 saturated heterocycles. The summed E-state index contributed by atoms with van der Waals surface area (Å²) < 4.78 is 47.6. The number of Topliss-reactive ketones (excluding diaryl/α,β-unsaturated/α-hetero) is 1. The Morgan fingerprint density at radius 1 is 1.03 bits per heavy atom. The van der Waals surface area contributed by atoms with Gasteiger partial charge in [0.1, 0.15) is 23.5 Å². The first-order valence-corrected chi connectivity index (χ1v) is 10.3. The highest BCUT2D eigenvalue weighted by atomic mass is 35.5. The van der Waals surface area contributed by atoms with Gasteiger partial charge in [-0.15, -0.1) is 0 Å². The van der Waals surface area contributed by atoms with Crippen LogP contribution in [0.4, 0.5) is 18.0 Å².